The molecule has 28 heavy (non-hydrogen) atoms. The highest BCUT2D eigenvalue weighted by molar-refractivity contribution is 5.84. The molecule has 0 saturated heterocycles. The van der Waals surface area contributed by atoms with Crippen LogP contribution in [0, 0.1) is 28.8 Å². The van der Waals surface area contributed by atoms with Crippen LogP contribution in [-0.4, -0.2) is 21.0 Å². The largest absolute Gasteiger partial charge is 0.327 e. The van der Waals surface area contributed by atoms with E-state index in [4.69, 9.17) is 5.73 Å². The average Bonchev–Trinajstić information content (AvgIpc) is 2.56. The highest BCUT2D eigenvalue weighted by atomic mass is 19.1. The first-order valence-electron chi connectivity index (χ1n) is 8.49. The lowest BCUT2D eigenvalue weighted by Gasteiger charge is -2.30. The summed E-state index contributed by atoms with van der Waals surface area (Å²) in [5.41, 5.74) is 3.50. The topological polar surface area (TPSA) is 84.7 Å². The van der Waals surface area contributed by atoms with Crippen LogP contribution in [0.15, 0.2) is 23.1 Å². The lowest BCUT2D eigenvalue weighted by Crippen LogP contribution is -2.36. The Balaban J connectivity index is 2.44. The Morgan fingerprint density at radius 2 is 1.75 bits per heavy atom. The third-order valence-corrected chi connectivity index (χ3v) is 4.91. The van der Waals surface area contributed by atoms with E-state index in [0.29, 0.717) is 12.1 Å². The summed E-state index contributed by atoms with van der Waals surface area (Å²) in [6, 6.07) is 0.529. The molecule has 0 unspecified atom stereocenters. The van der Waals surface area contributed by atoms with Crippen molar-refractivity contribution in [3.05, 3.63) is 57.6 Å². The fourth-order valence-corrected chi connectivity index (χ4v) is 2.92. The quantitative estimate of drug-likeness (QED) is 0.524. The summed E-state index contributed by atoms with van der Waals surface area (Å²) in [6.07, 6.45) is 0.974. The van der Waals surface area contributed by atoms with E-state index < -0.39 is 45.5 Å². The van der Waals surface area contributed by atoms with E-state index in [0.717, 1.165) is 6.20 Å². The van der Waals surface area contributed by atoms with Crippen LogP contribution in [0.5, 0.6) is 0 Å². The van der Waals surface area contributed by atoms with Gasteiger partial charge in [0.1, 0.15) is 17.5 Å². The summed E-state index contributed by atoms with van der Waals surface area (Å²) >= 11 is 0. The third kappa shape index (κ3) is 3.49. The van der Waals surface area contributed by atoms with Crippen LogP contribution < -0.4 is 11.3 Å². The van der Waals surface area contributed by atoms with E-state index in [2.05, 4.69) is 15.0 Å². The summed E-state index contributed by atoms with van der Waals surface area (Å²) in [5.74, 6) is -4.90. The van der Waals surface area contributed by atoms with E-state index in [9.17, 15) is 22.4 Å². The number of nitrogens with two attached hydrogens (primary N) is 1. The molecule has 0 aliphatic heterocycles. The number of aromatic nitrogens is 3. The van der Waals surface area contributed by atoms with Crippen molar-refractivity contribution < 1.29 is 17.6 Å². The number of nitrogens with one attached hydrogen (secondary N) is 1. The van der Waals surface area contributed by atoms with Crippen molar-refractivity contribution in [2.45, 2.75) is 33.2 Å². The van der Waals surface area contributed by atoms with Gasteiger partial charge in [-0.05, 0) is 24.3 Å². The van der Waals surface area contributed by atoms with Crippen LogP contribution in [0.1, 0.15) is 26.3 Å². The minimum Gasteiger partial charge on any atom is -0.327 e. The van der Waals surface area contributed by atoms with Gasteiger partial charge < -0.3 is 10.7 Å². The van der Waals surface area contributed by atoms with Gasteiger partial charge in [-0.25, -0.2) is 18.2 Å². The van der Waals surface area contributed by atoms with Gasteiger partial charge in [-0.1, -0.05) is 13.8 Å². The minimum absolute atomic E-state index is 0.0424. The molecule has 9 heteroatoms. The second kappa shape index (κ2) is 6.97. The molecule has 1 atom stereocenters. The Morgan fingerprint density at radius 1 is 1.14 bits per heavy atom. The summed E-state index contributed by atoms with van der Waals surface area (Å²) in [4.78, 5) is 21.7. The number of pyridine rings is 1. The molecular formula is C19H18F4N4O. The Bertz CT molecular complexity index is 1100. The third-order valence-electron chi connectivity index (χ3n) is 4.91. The van der Waals surface area contributed by atoms with Crippen molar-refractivity contribution in [2.24, 2.45) is 11.1 Å². The molecule has 2 aromatic heterocycles. The lowest BCUT2D eigenvalue weighted by atomic mass is 9.78. The molecule has 3 aromatic rings. The average molecular weight is 394 g/mol. The minimum atomic E-state index is -1.29. The van der Waals surface area contributed by atoms with Gasteiger partial charge in [-0.3, -0.25) is 4.79 Å². The highest BCUT2D eigenvalue weighted by Gasteiger charge is 2.30. The molecule has 3 rings (SSSR count). The maximum atomic E-state index is 14.9. The smallest absolute Gasteiger partial charge is 0.267 e. The summed E-state index contributed by atoms with van der Waals surface area (Å²) < 4.78 is 57.1. The molecule has 148 valence electrons. The van der Waals surface area contributed by atoms with Gasteiger partial charge >= 0.3 is 0 Å². The highest BCUT2D eigenvalue weighted by Crippen LogP contribution is 2.38. The zero-order valence-corrected chi connectivity index (χ0v) is 15.4. The van der Waals surface area contributed by atoms with Gasteiger partial charge in [0.15, 0.2) is 5.65 Å². The molecular weight excluding hydrogens is 376 g/mol. The van der Waals surface area contributed by atoms with Gasteiger partial charge in [0.25, 0.3) is 5.56 Å². The molecule has 0 fully saturated rings. The lowest BCUT2D eigenvalue weighted by molar-refractivity contribution is 0.300. The van der Waals surface area contributed by atoms with Crippen LogP contribution in [0.4, 0.5) is 17.6 Å². The maximum absolute atomic E-state index is 14.9. The number of fused-ring (bicyclic) bond motifs is 1. The van der Waals surface area contributed by atoms with Gasteiger partial charge in [0, 0.05) is 23.7 Å². The van der Waals surface area contributed by atoms with Crippen molar-refractivity contribution in [2.75, 3.05) is 0 Å². The molecule has 0 saturated carbocycles. The van der Waals surface area contributed by atoms with Gasteiger partial charge in [-0.15, -0.1) is 0 Å². The standard InChI is InChI=1S/C19H18F4N4O/c1-8(24)19(2,3)6-10-14(15-11(21)4-9(20)5-12(15)22)17(23)27-18-16(10)26-13(28)7-25-18/h4-5,7-8H,6,24H2,1-3H3,(H,26,28)/t8-/m1/s1. The first-order valence-corrected chi connectivity index (χ1v) is 8.49. The number of H-pyrrole nitrogens is 1. The SMILES string of the molecule is C[C@@H](N)C(C)(C)Cc1c(-c2c(F)cc(F)cc2F)c(F)nc2ncc(=O)[nH]c12. The monoisotopic (exact) mass is 394 g/mol. The van der Waals surface area contributed by atoms with Crippen molar-refractivity contribution in [1.29, 1.82) is 0 Å². The molecule has 5 nitrogen and oxygen atoms in total. The van der Waals surface area contributed by atoms with Crippen LogP contribution in [0.2, 0.25) is 0 Å². The van der Waals surface area contributed by atoms with Gasteiger partial charge in [0.05, 0.1) is 17.3 Å². The fraction of sp³-hybridized carbons (Fsp3) is 0.316. The Hall–Kier alpha value is -2.81. The first kappa shape index (κ1) is 19.9. The number of nitrogens with zero attached hydrogens (tertiary/aromatic N) is 2. The molecule has 0 radical (unpaired) electrons. The number of hydrogen-bond donors (Lipinski definition) is 2. The second-order valence-electron chi connectivity index (χ2n) is 7.40. The van der Waals surface area contributed by atoms with Crippen molar-refractivity contribution in [3.8, 4) is 11.1 Å². The number of aromatic amines is 1. The number of rotatable bonds is 4. The Morgan fingerprint density at radius 3 is 2.32 bits per heavy atom. The number of halogens is 4. The molecule has 3 N–H and O–H groups in total. The van der Waals surface area contributed by atoms with Crippen LogP contribution in [0.25, 0.3) is 22.3 Å². The molecule has 0 bridgehead atoms. The molecule has 0 aliphatic rings. The van der Waals surface area contributed by atoms with Crippen LogP contribution in [-0.2, 0) is 6.42 Å². The zero-order valence-electron chi connectivity index (χ0n) is 15.4. The molecule has 0 aliphatic carbocycles. The molecule has 1 aromatic carbocycles. The van der Waals surface area contributed by atoms with Crippen molar-refractivity contribution in [1.82, 2.24) is 15.0 Å². The van der Waals surface area contributed by atoms with Crippen LogP contribution >= 0.6 is 0 Å². The summed E-state index contributed by atoms with van der Waals surface area (Å²) in [5, 5.41) is 0. The Labute approximate surface area is 157 Å². The Kier molecular flexibility index (Phi) is 4.97. The predicted molar refractivity (Wildman–Crippen MR) is 96.6 cm³/mol. The summed E-state index contributed by atoms with van der Waals surface area (Å²) in [7, 11) is 0. The van der Waals surface area contributed by atoms with E-state index in [1.165, 1.54) is 0 Å². The first-order chi connectivity index (χ1) is 13.0. The second-order valence-corrected chi connectivity index (χ2v) is 7.40. The van der Waals surface area contributed by atoms with Crippen molar-refractivity contribution >= 4 is 11.2 Å². The molecule has 2 heterocycles. The number of hydrogen-bond acceptors (Lipinski definition) is 4. The predicted octanol–water partition coefficient (Wildman–Crippen LogP) is 3.46. The number of benzene rings is 1. The van der Waals surface area contributed by atoms with E-state index in [1.807, 2.05) is 0 Å². The van der Waals surface area contributed by atoms with E-state index in [-0.39, 0.29) is 29.2 Å². The molecule has 0 amide bonds. The van der Waals surface area contributed by atoms with Crippen molar-refractivity contribution in [3.63, 3.8) is 0 Å². The fourth-order valence-electron chi connectivity index (χ4n) is 2.92. The van der Waals surface area contributed by atoms with Crippen LogP contribution in [0.3, 0.4) is 0 Å². The molecule has 0 spiro atoms. The van der Waals surface area contributed by atoms with Gasteiger partial charge in [0.2, 0.25) is 5.95 Å². The zero-order chi connectivity index (χ0) is 20.8. The maximum Gasteiger partial charge on any atom is 0.267 e. The van der Waals surface area contributed by atoms with E-state index in [1.54, 1.807) is 20.8 Å². The van der Waals surface area contributed by atoms with E-state index >= 15 is 0 Å². The normalized spacial score (nSPS) is 13.1. The summed E-state index contributed by atoms with van der Waals surface area (Å²) in [6.45, 7) is 5.31. The van der Waals surface area contributed by atoms with Gasteiger partial charge in [-0.2, -0.15) is 9.37 Å².